The summed E-state index contributed by atoms with van der Waals surface area (Å²) in [5, 5.41) is 4.18. The summed E-state index contributed by atoms with van der Waals surface area (Å²) in [6, 6.07) is 4.31. The predicted octanol–water partition coefficient (Wildman–Crippen LogP) is 2.28. The molecule has 0 radical (unpaired) electrons. The molecule has 0 fully saturated rings. The Morgan fingerprint density at radius 1 is 1.40 bits per heavy atom. The summed E-state index contributed by atoms with van der Waals surface area (Å²) < 4.78 is 1.26. The molecule has 0 aliphatic rings. The Kier molecular flexibility index (Phi) is 2.88. The first-order chi connectivity index (χ1) is 7.20. The zero-order valence-electron chi connectivity index (χ0n) is 9.00. The van der Waals surface area contributed by atoms with E-state index in [-0.39, 0.29) is 0 Å². The van der Waals surface area contributed by atoms with E-state index in [0.717, 1.165) is 17.2 Å². The number of aromatic nitrogens is 1. The molecule has 1 aromatic carbocycles. The van der Waals surface area contributed by atoms with Crippen molar-refractivity contribution in [1.82, 2.24) is 4.98 Å². The summed E-state index contributed by atoms with van der Waals surface area (Å²) in [7, 11) is 0. The van der Waals surface area contributed by atoms with Gasteiger partial charge in [0, 0.05) is 13.1 Å². The van der Waals surface area contributed by atoms with E-state index in [1.165, 1.54) is 15.8 Å². The number of nitrogens with two attached hydrogens (primary N) is 1. The molecule has 3 N–H and O–H groups in total. The van der Waals surface area contributed by atoms with Gasteiger partial charge >= 0.3 is 0 Å². The summed E-state index contributed by atoms with van der Waals surface area (Å²) in [4.78, 5) is 4.52. The van der Waals surface area contributed by atoms with Gasteiger partial charge < -0.3 is 11.1 Å². The van der Waals surface area contributed by atoms with Gasteiger partial charge in [0.2, 0.25) is 0 Å². The van der Waals surface area contributed by atoms with E-state index in [2.05, 4.69) is 36.3 Å². The first kappa shape index (κ1) is 10.4. The number of nitrogens with one attached hydrogen (secondary N) is 1. The van der Waals surface area contributed by atoms with Crippen LogP contribution < -0.4 is 11.1 Å². The van der Waals surface area contributed by atoms with Crippen LogP contribution in [0.25, 0.3) is 10.2 Å². The quantitative estimate of drug-likeness (QED) is 0.836. The second-order valence-electron chi connectivity index (χ2n) is 3.66. The highest BCUT2D eigenvalue weighted by Crippen LogP contribution is 2.29. The average molecular weight is 221 g/mol. The van der Waals surface area contributed by atoms with E-state index in [1.807, 2.05) is 0 Å². The number of aryl methyl sites for hydroxylation is 2. The van der Waals surface area contributed by atoms with Crippen molar-refractivity contribution in [3.63, 3.8) is 0 Å². The van der Waals surface area contributed by atoms with Crippen LogP contribution in [0.3, 0.4) is 0 Å². The largest absolute Gasteiger partial charge is 0.360 e. The van der Waals surface area contributed by atoms with Crippen LogP contribution >= 0.6 is 11.3 Å². The molecule has 0 bridgehead atoms. The number of fused-ring (bicyclic) bond motifs is 1. The summed E-state index contributed by atoms with van der Waals surface area (Å²) in [6.07, 6.45) is 0. The van der Waals surface area contributed by atoms with Gasteiger partial charge in [-0.05, 0) is 31.0 Å². The van der Waals surface area contributed by atoms with E-state index >= 15 is 0 Å². The molecule has 0 spiro atoms. The maximum Gasteiger partial charge on any atom is 0.183 e. The zero-order valence-corrected chi connectivity index (χ0v) is 9.82. The number of benzene rings is 1. The SMILES string of the molecule is Cc1cc(C)c2sc(NCCN)nc2c1. The number of hydrogen-bond donors (Lipinski definition) is 2. The molecule has 3 nitrogen and oxygen atoms in total. The third kappa shape index (κ3) is 2.11. The number of anilines is 1. The number of nitrogens with zero attached hydrogens (tertiary/aromatic N) is 1. The maximum atomic E-state index is 5.44. The summed E-state index contributed by atoms with van der Waals surface area (Å²) in [6.45, 7) is 5.63. The fraction of sp³-hybridized carbons (Fsp3) is 0.364. The standard InChI is InChI=1S/C11H15N3S/c1-7-5-8(2)10-9(6-7)14-11(15-10)13-4-3-12/h5-6H,3-4,12H2,1-2H3,(H,13,14). The molecule has 0 saturated carbocycles. The normalized spacial score (nSPS) is 10.9. The van der Waals surface area contributed by atoms with Crippen molar-refractivity contribution in [3.05, 3.63) is 23.3 Å². The Bertz CT molecular complexity index is 476. The fourth-order valence-corrected chi connectivity index (χ4v) is 2.57. The van der Waals surface area contributed by atoms with Crippen molar-refractivity contribution in [1.29, 1.82) is 0 Å². The monoisotopic (exact) mass is 221 g/mol. The molecule has 0 aliphatic carbocycles. The second kappa shape index (κ2) is 4.16. The Labute approximate surface area is 93.3 Å². The summed E-state index contributed by atoms with van der Waals surface area (Å²) in [5.41, 5.74) is 9.07. The molecule has 0 saturated heterocycles. The van der Waals surface area contributed by atoms with Gasteiger partial charge in [0.15, 0.2) is 5.13 Å². The molecule has 1 aromatic heterocycles. The lowest BCUT2D eigenvalue weighted by atomic mass is 10.1. The van der Waals surface area contributed by atoms with Crippen LogP contribution in [-0.2, 0) is 0 Å². The van der Waals surface area contributed by atoms with Crippen LogP contribution in [0.2, 0.25) is 0 Å². The van der Waals surface area contributed by atoms with Crippen LogP contribution in [0.15, 0.2) is 12.1 Å². The predicted molar refractivity (Wildman–Crippen MR) is 66.6 cm³/mol. The minimum atomic E-state index is 0.633. The minimum absolute atomic E-state index is 0.633. The Morgan fingerprint density at radius 2 is 2.20 bits per heavy atom. The van der Waals surface area contributed by atoms with Gasteiger partial charge in [-0.3, -0.25) is 0 Å². The first-order valence-electron chi connectivity index (χ1n) is 5.02. The van der Waals surface area contributed by atoms with E-state index in [0.29, 0.717) is 6.54 Å². The van der Waals surface area contributed by atoms with Crippen LogP contribution in [0.4, 0.5) is 5.13 Å². The van der Waals surface area contributed by atoms with Crippen LogP contribution in [0.5, 0.6) is 0 Å². The van der Waals surface area contributed by atoms with Crippen molar-refractivity contribution >= 4 is 26.7 Å². The van der Waals surface area contributed by atoms with Crippen molar-refractivity contribution in [2.75, 3.05) is 18.4 Å². The van der Waals surface area contributed by atoms with Gasteiger partial charge in [0.05, 0.1) is 10.2 Å². The lowest BCUT2D eigenvalue weighted by Gasteiger charge is -1.96. The number of hydrogen-bond acceptors (Lipinski definition) is 4. The molecule has 80 valence electrons. The molecule has 2 rings (SSSR count). The van der Waals surface area contributed by atoms with Crippen LogP contribution in [0, 0.1) is 13.8 Å². The molecule has 4 heteroatoms. The van der Waals surface area contributed by atoms with Crippen molar-refractivity contribution in [2.24, 2.45) is 5.73 Å². The summed E-state index contributed by atoms with van der Waals surface area (Å²) >= 11 is 1.69. The van der Waals surface area contributed by atoms with Gasteiger partial charge in [-0.2, -0.15) is 0 Å². The van der Waals surface area contributed by atoms with Gasteiger partial charge in [0.1, 0.15) is 0 Å². The van der Waals surface area contributed by atoms with Crippen LogP contribution in [0.1, 0.15) is 11.1 Å². The third-order valence-electron chi connectivity index (χ3n) is 2.24. The second-order valence-corrected chi connectivity index (χ2v) is 4.66. The molecule has 0 unspecified atom stereocenters. The number of rotatable bonds is 3. The third-order valence-corrected chi connectivity index (χ3v) is 3.40. The topological polar surface area (TPSA) is 50.9 Å². The van der Waals surface area contributed by atoms with Gasteiger partial charge in [0.25, 0.3) is 0 Å². The molecule has 0 amide bonds. The summed E-state index contributed by atoms with van der Waals surface area (Å²) in [5.74, 6) is 0. The zero-order chi connectivity index (χ0) is 10.8. The molecule has 2 aromatic rings. The first-order valence-corrected chi connectivity index (χ1v) is 5.84. The smallest absolute Gasteiger partial charge is 0.183 e. The average Bonchev–Trinajstić information content (AvgIpc) is 2.57. The lowest BCUT2D eigenvalue weighted by Crippen LogP contribution is -2.12. The molecule has 0 atom stereocenters. The fourth-order valence-electron chi connectivity index (χ4n) is 1.63. The molecule has 0 aliphatic heterocycles. The van der Waals surface area contributed by atoms with Gasteiger partial charge in [-0.15, -0.1) is 0 Å². The van der Waals surface area contributed by atoms with E-state index in [4.69, 9.17) is 5.73 Å². The van der Waals surface area contributed by atoms with E-state index in [1.54, 1.807) is 11.3 Å². The highest BCUT2D eigenvalue weighted by Gasteiger charge is 2.05. The van der Waals surface area contributed by atoms with Crippen molar-refractivity contribution in [3.8, 4) is 0 Å². The Balaban J connectivity index is 2.41. The molecule has 1 heterocycles. The Morgan fingerprint density at radius 3 is 2.93 bits per heavy atom. The molecule has 15 heavy (non-hydrogen) atoms. The number of thiazole rings is 1. The van der Waals surface area contributed by atoms with Crippen molar-refractivity contribution in [2.45, 2.75) is 13.8 Å². The van der Waals surface area contributed by atoms with Crippen molar-refractivity contribution < 1.29 is 0 Å². The lowest BCUT2D eigenvalue weighted by molar-refractivity contribution is 1.02. The van der Waals surface area contributed by atoms with E-state index < -0.39 is 0 Å². The Hall–Kier alpha value is -1.13. The van der Waals surface area contributed by atoms with Crippen LogP contribution in [-0.4, -0.2) is 18.1 Å². The maximum absolute atomic E-state index is 5.44. The highest BCUT2D eigenvalue weighted by atomic mass is 32.1. The highest BCUT2D eigenvalue weighted by molar-refractivity contribution is 7.22. The van der Waals surface area contributed by atoms with Gasteiger partial charge in [-0.1, -0.05) is 17.4 Å². The van der Waals surface area contributed by atoms with Gasteiger partial charge in [-0.25, -0.2) is 4.98 Å². The molecular formula is C11H15N3S. The minimum Gasteiger partial charge on any atom is -0.360 e. The molecular weight excluding hydrogens is 206 g/mol. The van der Waals surface area contributed by atoms with E-state index in [9.17, 15) is 0 Å².